The number of esters is 3. The fraction of sp³-hybridized carbons (Fsp3) is 0.939. The Hall–Kier alpha value is -1.63. The molecule has 0 amide bonds. The normalized spacial score (nSPS) is 13.2. The van der Waals surface area contributed by atoms with Crippen molar-refractivity contribution in [1.82, 2.24) is 4.90 Å². The second kappa shape index (κ2) is 35.3. The minimum absolute atomic E-state index is 0.0499. The molecule has 0 heterocycles. The van der Waals surface area contributed by atoms with E-state index in [0.717, 1.165) is 103 Å². The van der Waals surface area contributed by atoms with Crippen LogP contribution in [0, 0.1) is 16.7 Å². The van der Waals surface area contributed by atoms with Gasteiger partial charge < -0.3 is 19.1 Å². The van der Waals surface area contributed by atoms with Gasteiger partial charge in [0.15, 0.2) is 0 Å². The number of carbonyl (C=O) groups is 3. The molecule has 0 aromatic heterocycles. The zero-order chi connectivity index (χ0) is 41.9. The SMILES string of the molecule is CCCCCCCCCOC(=O)C(C)(C)CCCCC(CCCCCCC(C)(C)C(=O)OCC(CCCCC)CCCCCCC)OC(=O)CCCCN(C)C. The van der Waals surface area contributed by atoms with E-state index < -0.39 is 10.8 Å². The van der Waals surface area contributed by atoms with E-state index in [9.17, 15) is 14.4 Å². The Bertz CT molecular complexity index is 947. The molecule has 0 radical (unpaired) electrons. The van der Waals surface area contributed by atoms with E-state index >= 15 is 0 Å². The van der Waals surface area contributed by atoms with Crippen LogP contribution in [0.5, 0.6) is 0 Å². The second-order valence-electron chi connectivity index (χ2n) is 18.8. The average Bonchev–Trinajstić information content (AvgIpc) is 3.15. The zero-order valence-electron chi connectivity index (χ0n) is 38.9. The molecule has 0 aliphatic rings. The van der Waals surface area contributed by atoms with Gasteiger partial charge in [0.1, 0.15) is 6.10 Å². The number of ether oxygens (including phenoxy) is 3. The van der Waals surface area contributed by atoms with E-state index in [4.69, 9.17) is 14.2 Å². The van der Waals surface area contributed by atoms with Gasteiger partial charge >= 0.3 is 17.9 Å². The van der Waals surface area contributed by atoms with Gasteiger partial charge in [0.05, 0.1) is 24.0 Å². The molecule has 332 valence electrons. The molecule has 0 N–H and O–H groups in total. The highest BCUT2D eigenvalue weighted by Crippen LogP contribution is 2.29. The maximum Gasteiger partial charge on any atom is 0.311 e. The fourth-order valence-electron chi connectivity index (χ4n) is 7.48. The van der Waals surface area contributed by atoms with Gasteiger partial charge in [-0.3, -0.25) is 14.4 Å². The van der Waals surface area contributed by atoms with Crippen LogP contribution in [0.4, 0.5) is 0 Å². The molecule has 7 nitrogen and oxygen atoms in total. The molecule has 2 atom stereocenters. The van der Waals surface area contributed by atoms with Crippen molar-refractivity contribution in [1.29, 1.82) is 0 Å². The summed E-state index contributed by atoms with van der Waals surface area (Å²) in [7, 11) is 4.11. The molecule has 0 rings (SSSR count). The van der Waals surface area contributed by atoms with Gasteiger partial charge in [-0.15, -0.1) is 0 Å². The molecule has 0 aromatic rings. The van der Waals surface area contributed by atoms with Gasteiger partial charge in [-0.1, -0.05) is 136 Å². The fourth-order valence-corrected chi connectivity index (χ4v) is 7.48. The van der Waals surface area contributed by atoms with Gasteiger partial charge in [-0.25, -0.2) is 0 Å². The zero-order valence-corrected chi connectivity index (χ0v) is 38.9. The minimum atomic E-state index is -0.510. The summed E-state index contributed by atoms with van der Waals surface area (Å²) in [4.78, 5) is 41.0. The van der Waals surface area contributed by atoms with E-state index in [2.05, 4.69) is 39.8 Å². The van der Waals surface area contributed by atoms with Crippen LogP contribution < -0.4 is 0 Å². The molecular weight excluding hydrogens is 699 g/mol. The Morgan fingerprint density at radius 1 is 0.500 bits per heavy atom. The molecule has 0 bridgehead atoms. The monoisotopic (exact) mass is 794 g/mol. The molecule has 2 unspecified atom stereocenters. The third-order valence-corrected chi connectivity index (χ3v) is 11.7. The number of carbonyl (C=O) groups excluding carboxylic acids is 3. The quantitative estimate of drug-likeness (QED) is 0.0347. The smallest absolute Gasteiger partial charge is 0.311 e. The maximum atomic E-state index is 13.2. The number of hydrogen-bond acceptors (Lipinski definition) is 7. The lowest BCUT2D eigenvalue weighted by atomic mass is 9.86. The van der Waals surface area contributed by atoms with Gasteiger partial charge in [0, 0.05) is 6.42 Å². The predicted molar refractivity (Wildman–Crippen MR) is 237 cm³/mol. The summed E-state index contributed by atoms with van der Waals surface area (Å²) >= 11 is 0. The lowest BCUT2D eigenvalue weighted by Gasteiger charge is -2.25. The molecule has 7 heteroatoms. The summed E-state index contributed by atoms with van der Waals surface area (Å²) < 4.78 is 17.7. The van der Waals surface area contributed by atoms with Crippen LogP contribution in [0.1, 0.15) is 241 Å². The van der Waals surface area contributed by atoms with Crippen LogP contribution in [0.3, 0.4) is 0 Å². The molecule has 56 heavy (non-hydrogen) atoms. The van der Waals surface area contributed by atoms with E-state index in [1.165, 1.54) is 89.9 Å². The summed E-state index contributed by atoms with van der Waals surface area (Å²) in [5.41, 5.74) is -0.988. The average molecular weight is 794 g/mol. The summed E-state index contributed by atoms with van der Waals surface area (Å²) in [5.74, 6) is 0.245. The molecule has 0 saturated carbocycles. The highest BCUT2D eigenvalue weighted by atomic mass is 16.5. The Labute approximate surface area is 348 Å². The van der Waals surface area contributed by atoms with Gasteiger partial charge in [-0.05, 0) is 125 Å². The molecule has 0 fully saturated rings. The summed E-state index contributed by atoms with van der Waals surface area (Å²) in [6.07, 6.45) is 32.2. The van der Waals surface area contributed by atoms with Crippen LogP contribution in [0.15, 0.2) is 0 Å². The molecule has 0 saturated heterocycles. The number of unbranched alkanes of at least 4 members (excludes halogenated alkanes) is 17. The first kappa shape index (κ1) is 54.4. The largest absolute Gasteiger partial charge is 0.465 e. The molecule has 0 aromatic carbocycles. The first-order chi connectivity index (χ1) is 26.8. The lowest BCUT2D eigenvalue weighted by Crippen LogP contribution is -2.28. The van der Waals surface area contributed by atoms with E-state index in [-0.39, 0.29) is 24.0 Å². The van der Waals surface area contributed by atoms with Crippen molar-refractivity contribution in [3.8, 4) is 0 Å². The van der Waals surface area contributed by atoms with Crippen LogP contribution in [-0.4, -0.2) is 62.8 Å². The number of nitrogens with zero attached hydrogens (tertiary/aromatic N) is 1. The first-order valence-corrected chi connectivity index (χ1v) is 24.0. The highest BCUT2D eigenvalue weighted by molar-refractivity contribution is 5.76. The molecule has 0 aliphatic carbocycles. The predicted octanol–water partition coefficient (Wildman–Crippen LogP) is 14.0. The summed E-state index contributed by atoms with van der Waals surface area (Å²) in [6, 6.07) is 0. The topological polar surface area (TPSA) is 82.1 Å². The third kappa shape index (κ3) is 31.4. The van der Waals surface area contributed by atoms with E-state index in [1.807, 2.05) is 27.7 Å². The van der Waals surface area contributed by atoms with Crippen molar-refractivity contribution in [3.63, 3.8) is 0 Å². The maximum absolute atomic E-state index is 13.2. The van der Waals surface area contributed by atoms with Crippen LogP contribution in [0.2, 0.25) is 0 Å². The van der Waals surface area contributed by atoms with Gasteiger partial charge in [0.25, 0.3) is 0 Å². The van der Waals surface area contributed by atoms with Crippen molar-refractivity contribution in [2.45, 2.75) is 247 Å². The third-order valence-electron chi connectivity index (χ3n) is 11.7. The molecular formula is C49H95NO6. The van der Waals surface area contributed by atoms with Gasteiger partial charge in [-0.2, -0.15) is 0 Å². The standard InChI is InChI=1S/C49H95NO6/c1-10-13-16-18-19-23-32-41-54-46(52)48(4,5)39-30-27-36-44(56-45(51)37-28-31-40-50(8)9)35-26-21-22-29-38-49(6,7)47(53)55-42-43(33-24-15-12-3)34-25-20-17-14-11-2/h43-44H,10-42H2,1-9H3. The van der Waals surface area contributed by atoms with Gasteiger partial charge in [0.2, 0.25) is 0 Å². The molecule has 0 aliphatic heterocycles. The minimum Gasteiger partial charge on any atom is -0.465 e. The number of hydrogen-bond donors (Lipinski definition) is 0. The first-order valence-electron chi connectivity index (χ1n) is 24.0. The Balaban J connectivity index is 4.77. The Kier molecular flexibility index (Phi) is 34.3. The van der Waals surface area contributed by atoms with E-state index in [1.54, 1.807) is 0 Å². The molecule has 0 spiro atoms. The highest BCUT2D eigenvalue weighted by Gasteiger charge is 2.30. The number of rotatable bonds is 40. The Morgan fingerprint density at radius 3 is 1.50 bits per heavy atom. The van der Waals surface area contributed by atoms with Crippen LogP contribution >= 0.6 is 0 Å². The summed E-state index contributed by atoms with van der Waals surface area (Å²) in [5, 5.41) is 0. The van der Waals surface area contributed by atoms with Crippen LogP contribution in [0.25, 0.3) is 0 Å². The van der Waals surface area contributed by atoms with Crippen molar-refractivity contribution >= 4 is 17.9 Å². The van der Waals surface area contributed by atoms with Crippen molar-refractivity contribution in [2.75, 3.05) is 33.9 Å². The second-order valence-corrected chi connectivity index (χ2v) is 18.8. The Morgan fingerprint density at radius 2 is 0.929 bits per heavy atom. The van der Waals surface area contributed by atoms with E-state index in [0.29, 0.717) is 25.6 Å². The van der Waals surface area contributed by atoms with Crippen molar-refractivity contribution in [2.24, 2.45) is 16.7 Å². The summed E-state index contributed by atoms with van der Waals surface area (Å²) in [6.45, 7) is 16.9. The van der Waals surface area contributed by atoms with Crippen molar-refractivity contribution < 1.29 is 28.6 Å². The van der Waals surface area contributed by atoms with Crippen molar-refractivity contribution in [3.05, 3.63) is 0 Å². The lowest BCUT2D eigenvalue weighted by molar-refractivity contribution is -0.156. The van der Waals surface area contributed by atoms with Crippen LogP contribution in [-0.2, 0) is 28.6 Å².